The topological polar surface area (TPSA) is 90.9 Å². The molecule has 7 nitrogen and oxygen atoms in total. The van der Waals surface area contributed by atoms with Crippen molar-refractivity contribution in [3.05, 3.63) is 57.9 Å². The van der Waals surface area contributed by atoms with Crippen molar-refractivity contribution in [3.63, 3.8) is 0 Å². The molecular weight excluding hydrogens is 410 g/mol. The van der Waals surface area contributed by atoms with Gasteiger partial charge < -0.3 is 19.5 Å². The van der Waals surface area contributed by atoms with Gasteiger partial charge in [-0.2, -0.15) is 0 Å². The molecule has 3 atom stereocenters. The average Bonchev–Trinajstić information content (AvgIpc) is 2.76. The molecule has 7 heteroatoms. The lowest BCUT2D eigenvalue weighted by molar-refractivity contribution is -0.151. The summed E-state index contributed by atoms with van der Waals surface area (Å²) in [7, 11) is 1.29. The Morgan fingerprint density at radius 1 is 1.12 bits per heavy atom. The summed E-state index contributed by atoms with van der Waals surface area (Å²) in [6.45, 7) is 8.46. The third kappa shape index (κ3) is 4.63. The minimum absolute atomic E-state index is 0.117. The SMILES string of the molecule is CCOCCOC(=O)C1=C(C)NC2=C(C(=O)[C@H](C(=O)OC)[C@@H](C)C2)[C@H]1c1ccc(C)cc1. The van der Waals surface area contributed by atoms with E-state index in [1.165, 1.54) is 7.11 Å². The molecule has 172 valence electrons. The van der Waals surface area contributed by atoms with Crippen molar-refractivity contribution >= 4 is 17.7 Å². The van der Waals surface area contributed by atoms with Crippen molar-refractivity contribution in [2.24, 2.45) is 11.8 Å². The second-order valence-electron chi connectivity index (χ2n) is 8.28. The van der Waals surface area contributed by atoms with E-state index in [0.717, 1.165) is 16.8 Å². The number of ether oxygens (including phenoxy) is 3. The first-order chi connectivity index (χ1) is 15.3. The molecule has 3 rings (SSSR count). The summed E-state index contributed by atoms with van der Waals surface area (Å²) < 4.78 is 15.7. The lowest BCUT2D eigenvalue weighted by Crippen LogP contribution is -2.43. The number of nitrogens with one attached hydrogen (secondary N) is 1. The van der Waals surface area contributed by atoms with Crippen molar-refractivity contribution < 1.29 is 28.6 Å². The Morgan fingerprint density at radius 2 is 1.81 bits per heavy atom. The van der Waals surface area contributed by atoms with Gasteiger partial charge in [0.1, 0.15) is 12.5 Å². The summed E-state index contributed by atoms with van der Waals surface area (Å²) in [4.78, 5) is 39.2. The van der Waals surface area contributed by atoms with E-state index in [2.05, 4.69) is 5.32 Å². The third-order valence-corrected chi connectivity index (χ3v) is 6.04. The van der Waals surface area contributed by atoms with Gasteiger partial charge in [-0.1, -0.05) is 36.8 Å². The zero-order chi connectivity index (χ0) is 23.4. The normalized spacial score (nSPS) is 22.9. The van der Waals surface area contributed by atoms with Crippen LogP contribution < -0.4 is 5.32 Å². The fraction of sp³-hybridized carbons (Fsp3) is 0.480. The summed E-state index contributed by atoms with van der Waals surface area (Å²) in [6, 6.07) is 7.71. The molecule has 1 aliphatic heterocycles. The lowest BCUT2D eigenvalue weighted by atomic mass is 9.69. The average molecular weight is 442 g/mol. The van der Waals surface area contributed by atoms with Crippen molar-refractivity contribution in [1.29, 1.82) is 0 Å². The van der Waals surface area contributed by atoms with Crippen LogP contribution in [0.25, 0.3) is 0 Å². The fourth-order valence-electron chi connectivity index (χ4n) is 4.46. The van der Waals surface area contributed by atoms with Gasteiger partial charge in [-0.3, -0.25) is 9.59 Å². The van der Waals surface area contributed by atoms with Gasteiger partial charge >= 0.3 is 11.9 Å². The molecule has 0 bridgehead atoms. The van der Waals surface area contributed by atoms with E-state index in [0.29, 0.717) is 36.5 Å². The van der Waals surface area contributed by atoms with Gasteiger partial charge in [0.05, 0.1) is 19.3 Å². The number of carbonyl (C=O) groups excluding carboxylic acids is 3. The van der Waals surface area contributed by atoms with E-state index < -0.39 is 23.8 Å². The van der Waals surface area contributed by atoms with Crippen LogP contribution in [0.15, 0.2) is 46.8 Å². The molecule has 1 aromatic rings. The Hall–Kier alpha value is -2.93. The largest absolute Gasteiger partial charge is 0.468 e. The minimum Gasteiger partial charge on any atom is -0.468 e. The number of rotatable bonds is 7. The monoisotopic (exact) mass is 441 g/mol. The van der Waals surface area contributed by atoms with Crippen molar-refractivity contribution in [1.82, 2.24) is 5.32 Å². The number of carbonyl (C=O) groups is 3. The van der Waals surface area contributed by atoms with Gasteiger partial charge in [0.15, 0.2) is 5.78 Å². The van der Waals surface area contributed by atoms with E-state index in [1.807, 2.05) is 52.0 Å². The maximum Gasteiger partial charge on any atom is 0.336 e. The highest BCUT2D eigenvalue weighted by atomic mass is 16.6. The number of ketones is 1. The Kier molecular flexibility index (Phi) is 7.51. The van der Waals surface area contributed by atoms with Crippen LogP contribution in [0, 0.1) is 18.8 Å². The molecule has 1 aromatic carbocycles. The zero-order valence-corrected chi connectivity index (χ0v) is 19.3. The zero-order valence-electron chi connectivity index (χ0n) is 19.3. The number of benzene rings is 1. The number of hydrogen-bond donors (Lipinski definition) is 1. The van der Waals surface area contributed by atoms with Crippen LogP contribution in [0.3, 0.4) is 0 Å². The predicted molar refractivity (Wildman–Crippen MR) is 119 cm³/mol. The molecule has 0 unspecified atom stereocenters. The van der Waals surface area contributed by atoms with Gasteiger partial charge in [0.2, 0.25) is 0 Å². The maximum absolute atomic E-state index is 13.6. The van der Waals surface area contributed by atoms with Gasteiger partial charge in [0.25, 0.3) is 0 Å². The number of Topliss-reactive ketones (excluding diaryl/α,β-unsaturated/α-hetero) is 1. The van der Waals surface area contributed by atoms with Gasteiger partial charge in [-0.05, 0) is 38.7 Å². The van der Waals surface area contributed by atoms with Gasteiger partial charge in [-0.25, -0.2) is 4.79 Å². The summed E-state index contributed by atoms with van der Waals surface area (Å²) >= 11 is 0. The summed E-state index contributed by atoms with van der Waals surface area (Å²) in [6.07, 6.45) is 0.507. The minimum atomic E-state index is -0.901. The van der Waals surface area contributed by atoms with E-state index in [-0.39, 0.29) is 18.3 Å². The van der Waals surface area contributed by atoms with Crippen LogP contribution in [-0.4, -0.2) is 44.7 Å². The van der Waals surface area contributed by atoms with E-state index in [1.54, 1.807) is 0 Å². The highest BCUT2D eigenvalue weighted by Crippen LogP contribution is 2.45. The van der Waals surface area contributed by atoms with E-state index >= 15 is 0 Å². The number of hydrogen-bond acceptors (Lipinski definition) is 7. The molecule has 1 heterocycles. The Morgan fingerprint density at radius 3 is 2.44 bits per heavy atom. The fourth-order valence-corrected chi connectivity index (χ4v) is 4.46. The quantitative estimate of drug-likeness (QED) is 0.395. The molecule has 32 heavy (non-hydrogen) atoms. The Bertz CT molecular complexity index is 959. The van der Waals surface area contributed by atoms with Crippen LogP contribution in [-0.2, 0) is 28.6 Å². The van der Waals surface area contributed by atoms with Crippen LogP contribution >= 0.6 is 0 Å². The first-order valence-electron chi connectivity index (χ1n) is 10.9. The molecule has 0 radical (unpaired) electrons. The second-order valence-corrected chi connectivity index (χ2v) is 8.28. The highest BCUT2D eigenvalue weighted by Gasteiger charge is 2.47. The number of methoxy groups -OCH3 is 1. The summed E-state index contributed by atoms with van der Waals surface area (Å²) in [5.74, 6) is -3.11. The smallest absolute Gasteiger partial charge is 0.336 e. The lowest BCUT2D eigenvalue weighted by Gasteiger charge is -2.38. The standard InChI is InChI=1S/C25H31NO6/c1-6-31-11-12-32-25(29)20-16(4)26-18-13-15(3)19(24(28)30-5)23(27)22(18)21(20)17-9-7-14(2)8-10-17/h7-10,15,19,21,26H,6,11-13H2,1-5H3/t15-,19+,21-/m0/s1. The molecular formula is C25H31NO6. The first-order valence-corrected chi connectivity index (χ1v) is 10.9. The molecule has 0 spiro atoms. The summed E-state index contributed by atoms with van der Waals surface area (Å²) in [5.41, 5.74) is 4.06. The number of esters is 2. The van der Waals surface area contributed by atoms with Crippen molar-refractivity contribution in [3.8, 4) is 0 Å². The maximum atomic E-state index is 13.6. The second kappa shape index (κ2) is 10.1. The molecule has 0 saturated heterocycles. The molecule has 0 aromatic heterocycles. The van der Waals surface area contributed by atoms with Crippen molar-refractivity contribution in [2.75, 3.05) is 26.9 Å². The predicted octanol–water partition coefficient (Wildman–Crippen LogP) is 3.19. The van der Waals surface area contributed by atoms with Crippen LogP contribution in [0.2, 0.25) is 0 Å². The number of aryl methyl sites for hydroxylation is 1. The van der Waals surface area contributed by atoms with Gasteiger partial charge in [0, 0.05) is 29.5 Å². The third-order valence-electron chi connectivity index (χ3n) is 6.04. The molecule has 0 amide bonds. The van der Waals surface area contributed by atoms with E-state index in [9.17, 15) is 14.4 Å². The molecule has 1 N–H and O–H groups in total. The van der Waals surface area contributed by atoms with Crippen LogP contribution in [0.1, 0.15) is 44.2 Å². The highest BCUT2D eigenvalue weighted by molar-refractivity contribution is 6.12. The number of allylic oxidation sites excluding steroid dienone is 3. The number of dihydropyridines is 1. The van der Waals surface area contributed by atoms with E-state index in [4.69, 9.17) is 14.2 Å². The molecule has 0 fully saturated rings. The summed E-state index contributed by atoms with van der Waals surface area (Å²) in [5, 5.41) is 3.25. The van der Waals surface area contributed by atoms with Crippen molar-refractivity contribution in [2.45, 2.75) is 40.0 Å². The van der Waals surface area contributed by atoms with Gasteiger partial charge in [-0.15, -0.1) is 0 Å². The Labute approximate surface area is 188 Å². The first kappa shape index (κ1) is 23.7. The molecule has 2 aliphatic rings. The van der Waals surface area contributed by atoms with Crippen LogP contribution in [0.4, 0.5) is 0 Å². The van der Waals surface area contributed by atoms with Crippen LogP contribution in [0.5, 0.6) is 0 Å². The molecule has 1 aliphatic carbocycles. The Balaban J connectivity index is 2.06. The molecule has 0 saturated carbocycles.